The first kappa shape index (κ1) is 20.0. The quantitative estimate of drug-likeness (QED) is 0.638. The van der Waals surface area contributed by atoms with Crippen molar-refractivity contribution >= 4 is 11.7 Å². The maximum absolute atomic E-state index is 12.2. The third-order valence-electron chi connectivity index (χ3n) is 5.58. The minimum absolute atomic E-state index is 0.0698. The number of nitrogens with one attached hydrogen (secondary N) is 1. The summed E-state index contributed by atoms with van der Waals surface area (Å²) < 4.78 is 11.0. The van der Waals surface area contributed by atoms with E-state index < -0.39 is 0 Å². The molecule has 0 atom stereocenters. The number of amides is 1. The van der Waals surface area contributed by atoms with E-state index in [-0.39, 0.29) is 11.8 Å². The molecule has 0 aromatic heterocycles. The van der Waals surface area contributed by atoms with Gasteiger partial charge in [-0.1, -0.05) is 12.1 Å². The van der Waals surface area contributed by atoms with E-state index in [4.69, 9.17) is 9.47 Å². The van der Waals surface area contributed by atoms with E-state index in [9.17, 15) is 9.59 Å². The van der Waals surface area contributed by atoms with Gasteiger partial charge < -0.3 is 14.8 Å². The lowest BCUT2D eigenvalue weighted by Crippen LogP contribution is -2.27. The molecule has 0 radical (unpaired) electrons. The fourth-order valence-electron chi connectivity index (χ4n) is 3.69. The summed E-state index contributed by atoms with van der Waals surface area (Å²) >= 11 is 0. The molecule has 5 nitrogen and oxygen atoms in total. The molecule has 2 fully saturated rings. The largest absolute Gasteiger partial charge is 0.377 e. The van der Waals surface area contributed by atoms with E-state index in [0.29, 0.717) is 49.7 Å². The SMILES string of the molecule is CC(=O)C1CCC(c2ccc(C(=O)NCCOCCOC3CC3)cc2)CC1. The third-order valence-corrected chi connectivity index (χ3v) is 5.58. The van der Waals surface area contributed by atoms with Crippen LogP contribution in [-0.4, -0.2) is 44.2 Å². The van der Waals surface area contributed by atoms with Crippen LogP contribution < -0.4 is 5.32 Å². The van der Waals surface area contributed by atoms with Crippen LogP contribution in [0.3, 0.4) is 0 Å². The Morgan fingerprint density at radius 1 is 0.963 bits per heavy atom. The van der Waals surface area contributed by atoms with Crippen LogP contribution in [0.5, 0.6) is 0 Å². The van der Waals surface area contributed by atoms with Gasteiger partial charge in [0.1, 0.15) is 5.78 Å². The number of rotatable bonds is 10. The molecule has 27 heavy (non-hydrogen) atoms. The van der Waals surface area contributed by atoms with Gasteiger partial charge in [-0.25, -0.2) is 0 Å². The second kappa shape index (κ2) is 10.00. The van der Waals surface area contributed by atoms with E-state index in [0.717, 1.165) is 25.7 Å². The molecule has 0 bridgehead atoms. The maximum atomic E-state index is 12.2. The van der Waals surface area contributed by atoms with Crippen LogP contribution in [0.2, 0.25) is 0 Å². The predicted octanol–water partition coefficient (Wildman–Crippen LogP) is 3.47. The summed E-state index contributed by atoms with van der Waals surface area (Å²) in [7, 11) is 0. The van der Waals surface area contributed by atoms with Crippen LogP contribution in [0.1, 0.15) is 67.3 Å². The zero-order valence-electron chi connectivity index (χ0n) is 16.2. The molecule has 0 unspecified atom stereocenters. The van der Waals surface area contributed by atoms with E-state index >= 15 is 0 Å². The number of ketones is 1. The lowest BCUT2D eigenvalue weighted by atomic mass is 9.77. The Morgan fingerprint density at radius 2 is 1.67 bits per heavy atom. The van der Waals surface area contributed by atoms with Crippen LogP contribution in [0.15, 0.2) is 24.3 Å². The second-order valence-corrected chi connectivity index (χ2v) is 7.72. The van der Waals surface area contributed by atoms with Crippen molar-refractivity contribution in [3.8, 4) is 0 Å². The Kier molecular flexibility index (Phi) is 7.41. The molecule has 1 N–H and O–H groups in total. The molecule has 2 saturated carbocycles. The van der Waals surface area contributed by atoms with Crippen molar-refractivity contribution in [1.29, 1.82) is 0 Å². The van der Waals surface area contributed by atoms with E-state index in [1.165, 1.54) is 18.4 Å². The second-order valence-electron chi connectivity index (χ2n) is 7.72. The van der Waals surface area contributed by atoms with Crippen molar-refractivity contribution in [3.05, 3.63) is 35.4 Å². The first-order valence-corrected chi connectivity index (χ1v) is 10.2. The summed E-state index contributed by atoms with van der Waals surface area (Å²) in [6.45, 7) is 3.91. The Hall–Kier alpha value is -1.72. The molecule has 0 spiro atoms. The average molecular weight is 373 g/mol. The topological polar surface area (TPSA) is 64.6 Å². The monoisotopic (exact) mass is 373 g/mol. The normalized spacial score (nSPS) is 22.4. The van der Waals surface area contributed by atoms with Crippen LogP contribution >= 0.6 is 0 Å². The van der Waals surface area contributed by atoms with Crippen molar-refractivity contribution in [2.75, 3.05) is 26.4 Å². The summed E-state index contributed by atoms with van der Waals surface area (Å²) in [4.78, 5) is 23.7. The van der Waals surface area contributed by atoms with Gasteiger partial charge in [0.15, 0.2) is 0 Å². The number of benzene rings is 1. The molecule has 148 valence electrons. The van der Waals surface area contributed by atoms with Gasteiger partial charge >= 0.3 is 0 Å². The van der Waals surface area contributed by atoms with Gasteiger partial charge in [-0.2, -0.15) is 0 Å². The molecule has 1 aromatic rings. The Bertz CT molecular complexity index is 616. The van der Waals surface area contributed by atoms with Crippen LogP contribution in [-0.2, 0) is 14.3 Å². The first-order chi connectivity index (χ1) is 13.1. The molecule has 2 aliphatic carbocycles. The number of carbonyl (C=O) groups excluding carboxylic acids is 2. The predicted molar refractivity (Wildman–Crippen MR) is 104 cm³/mol. The lowest BCUT2D eigenvalue weighted by Gasteiger charge is -2.27. The molecule has 1 aromatic carbocycles. The number of hydrogen-bond acceptors (Lipinski definition) is 4. The molecule has 0 saturated heterocycles. The number of ether oxygens (including phenoxy) is 2. The zero-order chi connectivity index (χ0) is 19.1. The highest BCUT2D eigenvalue weighted by Crippen LogP contribution is 2.36. The molecule has 0 heterocycles. The smallest absolute Gasteiger partial charge is 0.251 e. The minimum atomic E-state index is -0.0698. The molecule has 2 aliphatic rings. The average Bonchev–Trinajstić information content (AvgIpc) is 3.51. The standard InChI is InChI=1S/C22H31NO4/c1-16(24)17-2-4-18(5-3-17)19-6-8-20(9-7-19)22(25)23-12-13-26-14-15-27-21-10-11-21/h6-9,17-18,21H,2-5,10-15H2,1H3,(H,23,25). The molecule has 1 amide bonds. The van der Waals surface area contributed by atoms with Crippen molar-refractivity contribution in [2.45, 2.75) is 57.5 Å². The summed E-state index contributed by atoms with van der Waals surface area (Å²) in [5.41, 5.74) is 1.95. The Balaban J connectivity index is 1.34. The van der Waals surface area contributed by atoms with Gasteiger partial charge in [0, 0.05) is 18.0 Å². The summed E-state index contributed by atoms with van der Waals surface area (Å²) in [6, 6.07) is 7.90. The van der Waals surface area contributed by atoms with Gasteiger partial charge in [0.2, 0.25) is 0 Å². The highest BCUT2D eigenvalue weighted by atomic mass is 16.5. The van der Waals surface area contributed by atoms with Crippen molar-refractivity contribution in [1.82, 2.24) is 5.32 Å². The van der Waals surface area contributed by atoms with Gasteiger partial charge in [-0.15, -0.1) is 0 Å². The number of hydrogen-bond donors (Lipinski definition) is 1. The molecule has 3 rings (SSSR count). The summed E-state index contributed by atoms with van der Waals surface area (Å²) in [5.74, 6) is 0.998. The van der Waals surface area contributed by atoms with Crippen molar-refractivity contribution < 1.29 is 19.1 Å². The van der Waals surface area contributed by atoms with Crippen LogP contribution in [0.25, 0.3) is 0 Å². The van der Waals surface area contributed by atoms with Crippen LogP contribution in [0.4, 0.5) is 0 Å². The van der Waals surface area contributed by atoms with E-state index in [2.05, 4.69) is 17.4 Å². The van der Waals surface area contributed by atoms with Crippen molar-refractivity contribution in [2.24, 2.45) is 5.92 Å². The fourth-order valence-corrected chi connectivity index (χ4v) is 3.69. The Labute approximate surface area is 161 Å². The number of carbonyl (C=O) groups is 2. The van der Waals surface area contributed by atoms with E-state index in [1.807, 2.05) is 12.1 Å². The molecule has 5 heteroatoms. The lowest BCUT2D eigenvalue weighted by molar-refractivity contribution is -0.121. The zero-order valence-corrected chi connectivity index (χ0v) is 16.2. The van der Waals surface area contributed by atoms with E-state index in [1.54, 1.807) is 6.92 Å². The molecule has 0 aliphatic heterocycles. The van der Waals surface area contributed by atoms with Crippen LogP contribution in [0, 0.1) is 5.92 Å². The molecular weight excluding hydrogens is 342 g/mol. The molecular formula is C22H31NO4. The number of Topliss-reactive ketones (excluding diaryl/α,β-unsaturated/α-hetero) is 1. The summed E-state index contributed by atoms with van der Waals surface area (Å²) in [5, 5.41) is 2.89. The van der Waals surface area contributed by atoms with Gasteiger partial charge in [0.05, 0.1) is 25.9 Å². The highest BCUT2D eigenvalue weighted by Gasteiger charge is 2.25. The Morgan fingerprint density at radius 3 is 2.30 bits per heavy atom. The van der Waals surface area contributed by atoms with Crippen molar-refractivity contribution in [3.63, 3.8) is 0 Å². The fraction of sp³-hybridized carbons (Fsp3) is 0.636. The highest BCUT2D eigenvalue weighted by molar-refractivity contribution is 5.94. The van der Waals surface area contributed by atoms with Gasteiger partial charge in [-0.05, 0) is 69.1 Å². The maximum Gasteiger partial charge on any atom is 0.251 e. The third kappa shape index (κ3) is 6.43. The van der Waals surface area contributed by atoms with Gasteiger partial charge in [-0.3, -0.25) is 9.59 Å². The minimum Gasteiger partial charge on any atom is -0.377 e. The first-order valence-electron chi connectivity index (χ1n) is 10.2. The van der Waals surface area contributed by atoms with Gasteiger partial charge in [0.25, 0.3) is 5.91 Å². The summed E-state index contributed by atoms with van der Waals surface area (Å²) in [6.07, 6.45) is 6.88.